The lowest BCUT2D eigenvalue weighted by molar-refractivity contribution is -0.137. The van der Waals surface area contributed by atoms with Crippen LogP contribution >= 0.6 is 34.7 Å². The van der Waals surface area contributed by atoms with Gasteiger partial charge in [0, 0.05) is 10.9 Å². The van der Waals surface area contributed by atoms with Gasteiger partial charge in [0.2, 0.25) is 5.91 Å². The van der Waals surface area contributed by atoms with Crippen molar-refractivity contribution < 1.29 is 18.0 Å². The molecule has 2 heterocycles. The Labute approximate surface area is 218 Å². The summed E-state index contributed by atoms with van der Waals surface area (Å²) in [4.78, 5) is 33.3. The van der Waals surface area contributed by atoms with Crippen LogP contribution in [0.5, 0.6) is 0 Å². The number of H-pyrrole nitrogens is 1. The van der Waals surface area contributed by atoms with Crippen LogP contribution in [0.15, 0.2) is 57.8 Å². The lowest BCUT2D eigenvalue weighted by atomic mass is 9.99. The Morgan fingerprint density at radius 2 is 1.83 bits per heavy atom. The van der Waals surface area contributed by atoms with E-state index < -0.39 is 22.9 Å². The maximum atomic E-state index is 13.0. The summed E-state index contributed by atoms with van der Waals surface area (Å²) >= 11 is 8.28. The number of rotatable bonds is 6. The van der Waals surface area contributed by atoms with Gasteiger partial charge >= 0.3 is 6.18 Å². The van der Waals surface area contributed by atoms with Gasteiger partial charge in [0.05, 0.1) is 26.9 Å². The summed E-state index contributed by atoms with van der Waals surface area (Å²) in [5, 5.41) is 4.20. The van der Waals surface area contributed by atoms with E-state index in [9.17, 15) is 22.8 Å². The van der Waals surface area contributed by atoms with Crippen LogP contribution in [0.25, 0.3) is 21.3 Å². The topological polar surface area (TPSA) is 74.8 Å². The molecule has 1 atom stereocenters. The Balaban J connectivity index is 1.54. The van der Waals surface area contributed by atoms with Crippen LogP contribution < -0.4 is 10.9 Å². The number of aromatic nitrogens is 2. The summed E-state index contributed by atoms with van der Waals surface area (Å²) in [7, 11) is 0. The minimum atomic E-state index is -4.57. The van der Waals surface area contributed by atoms with Crippen molar-refractivity contribution in [2.45, 2.75) is 43.3 Å². The Morgan fingerprint density at radius 1 is 1.14 bits per heavy atom. The Kier molecular flexibility index (Phi) is 7.49. The third-order valence-corrected chi connectivity index (χ3v) is 7.71. The molecule has 36 heavy (non-hydrogen) atoms. The SMILES string of the molecule is CC(Sc1nc2scc(-c3ccc(C(C)C)cc3)c2c(=O)[nH]1)C(=O)Nc1cc(C(F)(F)F)ccc1Cl. The minimum absolute atomic E-state index is 0.0194. The van der Waals surface area contributed by atoms with Gasteiger partial charge in [0.1, 0.15) is 4.83 Å². The van der Waals surface area contributed by atoms with E-state index in [1.807, 2.05) is 29.6 Å². The summed E-state index contributed by atoms with van der Waals surface area (Å²) in [5.41, 5.74) is 1.48. The zero-order chi connectivity index (χ0) is 26.2. The van der Waals surface area contributed by atoms with Gasteiger partial charge in [-0.05, 0) is 42.2 Å². The second-order valence-electron chi connectivity index (χ2n) is 8.42. The van der Waals surface area contributed by atoms with Gasteiger partial charge in [-0.1, -0.05) is 61.5 Å². The second kappa shape index (κ2) is 10.3. The van der Waals surface area contributed by atoms with Crippen LogP contribution in [0.1, 0.15) is 37.8 Å². The highest BCUT2D eigenvalue weighted by atomic mass is 35.5. The summed E-state index contributed by atoms with van der Waals surface area (Å²) < 4.78 is 39.0. The normalized spacial score (nSPS) is 12.8. The van der Waals surface area contributed by atoms with E-state index in [2.05, 4.69) is 29.1 Å². The van der Waals surface area contributed by atoms with Gasteiger partial charge < -0.3 is 10.3 Å². The van der Waals surface area contributed by atoms with Gasteiger partial charge in [0.25, 0.3) is 5.56 Å². The molecule has 0 fully saturated rings. The molecule has 2 N–H and O–H groups in total. The summed E-state index contributed by atoms with van der Waals surface area (Å²) in [6, 6.07) is 10.7. The molecule has 188 valence electrons. The highest BCUT2D eigenvalue weighted by Crippen LogP contribution is 2.35. The van der Waals surface area contributed by atoms with E-state index in [-0.39, 0.29) is 21.4 Å². The number of fused-ring (bicyclic) bond motifs is 1. The number of benzene rings is 2. The zero-order valence-corrected chi connectivity index (χ0v) is 21.8. The van der Waals surface area contributed by atoms with Crippen LogP contribution in [0.2, 0.25) is 5.02 Å². The molecule has 5 nitrogen and oxygen atoms in total. The molecule has 0 aliphatic rings. The van der Waals surface area contributed by atoms with E-state index in [1.54, 1.807) is 6.92 Å². The van der Waals surface area contributed by atoms with Crippen molar-refractivity contribution >= 4 is 56.5 Å². The molecule has 2 aromatic carbocycles. The van der Waals surface area contributed by atoms with Gasteiger partial charge in [-0.3, -0.25) is 9.59 Å². The highest BCUT2D eigenvalue weighted by molar-refractivity contribution is 8.00. The number of thioether (sulfide) groups is 1. The monoisotopic (exact) mass is 551 g/mol. The fourth-order valence-corrected chi connectivity index (χ4v) is 5.46. The van der Waals surface area contributed by atoms with Crippen molar-refractivity contribution in [2.75, 3.05) is 5.32 Å². The molecular weight excluding hydrogens is 531 g/mol. The van der Waals surface area contributed by atoms with Crippen molar-refractivity contribution in [1.29, 1.82) is 0 Å². The number of halogens is 4. The molecule has 1 amide bonds. The zero-order valence-electron chi connectivity index (χ0n) is 19.4. The first kappa shape index (κ1) is 26.2. The van der Waals surface area contributed by atoms with Crippen LogP contribution in [-0.4, -0.2) is 21.1 Å². The van der Waals surface area contributed by atoms with Gasteiger partial charge in [-0.2, -0.15) is 13.2 Å². The molecule has 0 aliphatic carbocycles. The van der Waals surface area contributed by atoms with E-state index in [0.717, 1.165) is 41.1 Å². The predicted molar refractivity (Wildman–Crippen MR) is 140 cm³/mol. The van der Waals surface area contributed by atoms with E-state index in [1.165, 1.54) is 16.9 Å². The molecule has 0 spiro atoms. The first-order chi connectivity index (χ1) is 16.9. The van der Waals surface area contributed by atoms with Gasteiger partial charge in [0.15, 0.2) is 5.16 Å². The Hall–Kier alpha value is -2.82. The largest absolute Gasteiger partial charge is 0.416 e. The number of nitrogens with one attached hydrogen (secondary N) is 2. The predicted octanol–water partition coefficient (Wildman–Crippen LogP) is 7.57. The maximum absolute atomic E-state index is 13.0. The maximum Gasteiger partial charge on any atom is 0.416 e. The Bertz CT molecular complexity index is 1480. The lowest BCUT2D eigenvalue weighted by Crippen LogP contribution is -2.23. The van der Waals surface area contributed by atoms with Crippen molar-refractivity contribution in [2.24, 2.45) is 0 Å². The molecule has 0 aliphatic heterocycles. The summed E-state index contributed by atoms with van der Waals surface area (Å²) in [6.45, 7) is 5.78. The standard InChI is InChI=1S/C25H21ClF3N3O2S2/c1-12(2)14-4-6-15(7-5-14)17-11-35-23-20(17)22(34)31-24(32-23)36-13(3)21(33)30-19-10-16(25(27,28)29)8-9-18(19)26/h4-13H,1-3H3,(H,30,33)(H,31,32,34). The number of thiophene rings is 1. The van der Waals surface area contributed by atoms with Crippen LogP contribution in [-0.2, 0) is 11.0 Å². The molecule has 0 radical (unpaired) electrons. The highest BCUT2D eigenvalue weighted by Gasteiger charge is 2.31. The number of anilines is 1. The van der Waals surface area contributed by atoms with Gasteiger partial charge in [-0.25, -0.2) is 4.98 Å². The quantitative estimate of drug-likeness (QED) is 0.191. The number of carbonyl (C=O) groups excluding carboxylic acids is 1. The molecule has 2 aromatic heterocycles. The van der Waals surface area contributed by atoms with Crippen molar-refractivity contribution in [3.05, 3.63) is 74.3 Å². The number of nitrogens with zero attached hydrogens (tertiary/aromatic N) is 1. The first-order valence-corrected chi connectivity index (χ1v) is 13.0. The molecule has 1 unspecified atom stereocenters. The van der Waals surface area contributed by atoms with Crippen molar-refractivity contribution in [3.63, 3.8) is 0 Å². The smallest absolute Gasteiger partial charge is 0.324 e. The average Bonchev–Trinajstić information content (AvgIpc) is 3.24. The number of carbonyl (C=O) groups is 1. The fraction of sp³-hybridized carbons (Fsp3) is 0.240. The molecule has 0 saturated heterocycles. The number of alkyl halides is 3. The van der Waals surface area contributed by atoms with Crippen LogP contribution in [0.4, 0.5) is 18.9 Å². The van der Waals surface area contributed by atoms with Crippen molar-refractivity contribution in [3.8, 4) is 11.1 Å². The van der Waals surface area contributed by atoms with Crippen LogP contribution in [0, 0.1) is 0 Å². The molecular formula is C25H21ClF3N3O2S2. The van der Waals surface area contributed by atoms with E-state index >= 15 is 0 Å². The van der Waals surface area contributed by atoms with Crippen LogP contribution in [0.3, 0.4) is 0 Å². The molecule has 0 saturated carbocycles. The molecule has 0 bridgehead atoms. The van der Waals surface area contributed by atoms with E-state index in [0.29, 0.717) is 16.1 Å². The third-order valence-electron chi connectivity index (χ3n) is 5.52. The molecule has 4 aromatic rings. The lowest BCUT2D eigenvalue weighted by Gasteiger charge is -2.14. The van der Waals surface area contributed by atoms with Gasteiger partial charge in [-0.15, -0.1) is 11.3 Å². The third kappa shape index (κ3) is 5.61. The number of aromatic amines is 1. The second-order valence-corrected chi connectivity index (χ2v) is 11.0. The number of amides is 1. The summed E-state index contributed by atoms with van der Waals surface area (Å²) in [6.07, 6.45) is -4.57. The minimum Gasteiger partial charge on any atom is -0.324 e. The average molecular weight is 552 g/mol. The molecule has 4 rings (SSSR count). The number of hydrogen-bond donors (Lipinski definition) is 2. The fourth-order valence-electron chi connectivity index (χ4n) is 3.50. The first-order valence-electron chi connectivity index (χ1n) is 10.9. The molecule has 11 heteroatoms. The Morgan fingerprint density at radius 3 is 2.47 bits per heavy atom. The van der Waals surface area contributed by atoms with Crippen molar-refractivity contribution in [1.82, 2.24) is 9.97 Å². The number of hydrogen-bond acceptors (Lipinski definition) is 5. The van der Waals surface area contributed by atoms with E-state index in [4.69, 9.17) is 11.6 Å². The summed E-state index contributed by atoms with van der Waals surface area (Å²) in [5.74, 6) is -0.187.